The van der Waals surface area contributed by atoms with E-state index in [0.717, 1.165) is 12.8 Å². The zero-order chi connectivity index (χ0) is 12.8. The first-order chi connectivity index (χ1) is 7.99. The molecule has 5 nitrogen and oxygen atoms in total. The van der Waals surface area contributed by atoms with Gasteiger partial charge in [0.1, 0.15) is 0 Å². The summed E-state index contributed by atoms with van der Waals surface area (Å²) >= 11 is 0. The molecule has 0 unspecified atom stereocenters. The Morgan fingerprint density at radius 3 is 2.53 bits per heavy atom. The first-order valence-electron chi connectivity index (χ1n) is 6.21. The van der Waals surface area contributed by atoms with E-state index in [9.17, 15) is 9.59 Å². The van der Waals surface area contributed by atoms with Gasteiger partial charge in [-0.2, -0.15) is 0 Å². The number of rotatable bonds is 8. The number of carbonyl (C=O) groups excluding carboxylic acids is 1. The van der Waals surface area contributed by atoms with Gasteiger partial charge in [0.25, 0.3) is 0 Å². The maximum atomic E-state index is 11.6. The average Bonchev–Trinajstić information content (AvgIpc) is 3.04. The Labute approximate surface area is 102 Å². The lowest BCUT2D eigenvalue weighted by Gasteiger charge is -2.20. The molecule has 1 aliphatic rings. The number of aliphatic carboxylic acids is 1. The van der Waals surface area contributed by atoms with Crippen molar-refractivity contribution in [1.82, 2.24) is 10.2 Å². The van der Waals surface area contributed by atoms with Crippen LogP contribution in [0.4, 0.5) is 0 Å². The molecule has 0 radical (unpaired) electrons. The lowest BCUT2D eigenvalue weighted by atomic mass is 10.2. The van der Waals surface area contributed by atoms with Crippen LogP contribution in [-0.2, 0) is 9.59 Å². The summed E-state index contributed by atoms with van der Waals surface area (Å²) < 4.78 is 0. The maximum Gasteiger partial charge on any atom is 0.304 e. The number of nitrogens with zero attached hydrogens (tertiary/aromatic N) is 1. The van der Waals surface area contributed by atoms with Gasteiger partial charge in [-0.25, -0.2) is 0 Å². The quantitative estimate of drug-likeness (QED) is 0.657. The predicted molar refractivity (Wildman–Crippen MR) is 64.7 cm³/mol. The molecule has 1 saturated carbocycles. The molecule has 0 bridgehead atoms. The van der Waals surface area contributed by atoms with Gasteiger partial charge < -0.3 is 10.4 Å². The maximum absolute atomic E-state index is 11.6. The first kappa shape index (κ1) is 14.0. The van der Waals surface area contributed by atoms with Gasteiger partial charge in [0.15, 0.2) is 0 Å². The largest absolute Gasteiger partial charge is 0.481 e. The van der Waals surface area contributed by atoms with E-state index in [1.165, 1.54) is 0 Å². The summed E-state index contributed by atoms with van der Waals surface area (Å²) in [5.74, 6) is -0.374. The van der Waals surface area contributed by atoms with Crippen LogP contribution in [0.1, 0.15) is 33.1 Å². The minimum absolute atomic E-state index is 0.00371. The van der Waals surface area contributed by atoms with Crippen molar-refractivity contribution in [2.75, 3.05) is 19.6 Å². The van der Waals surface area contributed by atoms with Gasteiger partial charge in [-0.15, -0.1) is 0 Å². The van der Waals surface area contributed by atoms with E-state index in [1.54, 1.807) is 0 Å². The van der Waals surface area contributed by atoms with Crippen LogP contribution < -0.4 is 5.32 Å². The summed E-state index contributed by atoms with van der Waals surface area (Å²) in [5.41, 5.74) is 0. The Bertz CT molecular complexity index is 275. The van der Waals surface area contributed by atoms with E-state index in [-0.39, 0.29) is 12.3 Å². The van der Waals surface area contributed by atoms with Gasteiger partial charge in [0.2, 0.25) is 5.91 Å². The third-order valence-electron chi connectivity index (χ3n) is 2.73. The van der Waals surface area contributed by atoms with Gasteiger partial charge in [-0.05, 0) is 18.8 Å². The highest BCUT2D eigenvalue weighted by molar-refractivity contribution is 5.78. The van der Waals surface area contributed by atoms with E-state index < -0.39 is 5.97 Å². The molecule has 2 N–H and O–H groups in total. The highest BCUT2D eigenvalue weighted by Crippen LogP contribution is 2.26. The molecule has 1 aliphatic carbocycles. The molecule has 0 spiro atoms. The molecule has 0 aromatic heterocycles. The molecule has 0 heterocycles. The van der Waals surface area contributed by atoms with Crippen LogP contribution >= 0.6 is 0 Å². The van der Waals surface area contributed by atoms with Crippen LogP contribution in [-0.4, -0.2) is 47.6 Å². The van der Waals surface area contributed by atoms with Crippen LogP contribution in [0.2, 0.25) is 0 Å². The second kappa shape index (κ2) is 6.59. The average molecular weight is 242 g/mol. The van der Waals surface area contributed by atoms with Gasteiger partial charge >= 0.3 is 5.97 Å². The molecule has 0 atom stereocenters. The Kier molecular flexibility index (Phi) is 5.41. The van der Waals surface area contributed by atoms with Crippen LogP contribution in [0.3, 0.4) is 0 Å². The molecule has 0 saturated heterocycles. The molecule has 1 amide bonds. The Hall–Kier alpha value is -1.10. The zero-order valence-electron chi connectivity index (χ0n) is 10.6. The number of hydrogen-bond acceptors (Lipinski definition) is 3. The number of amides is 1. The molecular weight excluding hydrogens is 220 g/mol. The Morgan fingerprint density at radius 2 is 2.06 bits per heavy atom. The molecule has 1 rings (SSSR count). The van der Waals surface area contributed by atoms with Crippen LogP contribution in [0.25, 0.3) is 0 Å². The lowest BCUT2D eigenvalue weighted by molar-refractivity contribution is -0.137. The molecular formula is C12H22N2O3. The molecule has 1 fully saturated rings. The summed E-state index contributed by atoms with van der Waals surface area (Å²) in [7, 11) is 0. The molecule has 5 heteroatoms. The number of hydrogen-bond donors (Lipinski definition) is 2. The van der Waals surface area contributed by atoms with Crippen molar-refractivity contribution in [3.05, 3.63) is 0 Å². The van der Waals surface area contributed by atoms with Crippen molar-refractivity contribution in [3.63, 3.8) is 0 Å². The molecule has 0 aromatic rings. The van der Waals surface area contributed by atoms with E-state index in [2.05, 4.69) is 5.32 Å². The van der Waals surface area contributed by atoms with E-state index in [1.807, 2.05) is 18.7 Å². The predicted octanol–water partition coefficient (Wildman–Crippen LogP) is 0.698. The van der Waals surface area contributed by atoms with Crippen molar-refractivity contribution in [1.29, 1.82) is 0 Å². The topological polar surface area (TPSA) is 69.6 Å². The normalized spacial score (nSPS) is 15.3. The second-order valence-electron chi connectivity index (χ2n) is 5.04. The fourth-order valence-corrected chi connectivity index (χ4v) is 1.63. The van der Waals surface area contributed by atoms with Gasteiger partial charge in [-0.3, -0.25) is 14.5 Å². The van der Waals surface area contributed by atoms with Gasteiger partial charge in [0, 0.05) is 19.1 Å². The summed E-state index contributed by atoms with van der Waals surface area (Å²) in [6.45, 7) is 5.56. The monoisotopic (exact) mass is 242 g/mol. The highest BCUT2D eigenvalue weighted by Gasteiger charge is 2.30. The third kappa shape index (κ3) is 6.26. The zero-order valence-corrected chi connectivity index (χ0v) is 10.6. The molecule has 0 aliphatic heterocycles. The van der Waals surface area contributed by atoms with Crippen molar-refractivity contribution in [3.8, 4) is 0 Å². The van der Waals surface area contributed by atoms with Crippen molar-refractivity contribution in [2.24, 2.45) is 5.92 Å². The molecule has 0 aromatic carbocycles. The molecule has 17 heavy (non-hydrogen) atoms. The number of nitrogens with one attached hydrogen (secondary N) is 1. The summed E-state index contributed by atoms with van der Waals surface area (Å²) in [6, 6.07) is 0.416. The van der Waals surface area contributed by atoms with Crippen LogP contribution in [0.5, 0.6) is 0 Å². The standard InChI is InChI=1S/C12H22N2O3/c1-9(2)7-13-11(15)8-14(10-3-4-10)6-5-12(16)17/h9-10H,3-8H2,1-2H3,(H,13,15)(H,16,17). The summed E-state index contributed by atoms with van der Waals surface area (Å²) in [6.07, 6.45) is 2.27. The minimum Gasteiger partial charge on any atom is -0.481 e. The minimum atomic E-state index is -0.807. The summed E-state index contributed by atoms with van der Waals surface area (Å²) in [5, 5.41) is 11.5. The Balaban J connectivity index is 2.28. The Morgan fingerprint density at radius 1 is 1.41 bits per heavy atom. The van der Waals surface area contributed by atoms with Crippen molar-refractivity contribution in [2.45, 2.75) is 39.2 Å². The van der Waals surface area contributed by atoms with Crippen molar-refractivity contribution >= 4 is 11.9 Å². The van der Waals surface area contributed by atoms with E-state index in [4.69, 9.17) is 5.11 Å². The number of carboxylic acids is 1. The second-order valence-corrected chi connectivity index (χ2v) is 5.04. The van der Waals surface area contributed by atoms with E-state index in [0.29, 0.717) is 31.6 Å². The SMILES string of the molecule is CC(C)CNC(=O)CN(CCC(=O)O)C1CC1. The van der Waals surface area contributed by atoms with Crippen LogP contribution in [0, 0.1) is 5.92 Å². The third-order valence-corrected chi connectivity index (χ3v) is 2.73. The number of carbonyl (C=O) groups is 2. The van der Waals surface area contributed by atoms with Crippen LogP contribution in [0.15, 0.2) is 0 Å². The lowest BCUT2D eigenvalue weighted by Crippen LogP contribution is -2.40. The molecule has 98 valence electrons. The van der Waals surface area contributed by atoms with Gasteiger partial charge in [-0.1, -0.05) is 13.8 Å². The summed E-state index contributed by atoms with van der Waals surface area (Å²) in [4.78, 5) is 24.1. The number of carboxylic acid groups (broad SMARTS) is 1. The fraction of sp³-hybridized carbons (Fsp3) is 0.833. The first-order valence-corrected chi connectivity index (χ1v) is 6.21. The van der Waals surface area contributed by atoms with Crippen molar-refractivity contribution < 1.29 is 14.7 Å². The van der Waals surface area contributed by atoms with E-state index >= 15 is 0 Å². The smallest absolute Gasteiger partial charge is 0.304 e. The van der Waals surface area contributed by atoms with Gasteiger partial charge in [0.05, 0.1) is 13.0 Å². The fourth-order valence-electron chi connectivity index (χ4n) is 1.63. The highest BCUT2D eigenvalue weighted by atomic mass is 16.4.